The van der Waals surface area contributed by atoms with E-state index in [-0.39, 0.29) is 11.8 Å². The van der Waals surface area contributed by atoms with Crippen molar-refractivity contribution in [1.29, 1.82) is 0 Å². The molecule has 0 bridgehead atoms. The molecule has 0 unspecified atom stereocenters. The highest BCUT2D eigenvalue weighted by Crippen LogP contribution is 2.16. The number of benzene rings is 2. The molecular formula is C17H22NO+. The second kappa shape index (κ2) is 5.98. The molecule has 0 aliphatic rings. The van der Waals surface area contributed by atoms with Gasteiger partial charge in [-0.05, 0) is 37.6 Å². The lowest BCUT2D eigenvalue weighted by atomic mass is 10.0. The molecule has 2 heteroatoms. The van der Waals surface area contributed by atoms with E-state index in [1.807, 2.05) is 37.3 Å². The van der Waals surface area contributed by atoms with Crippen LogP contribution < -0.4 is 4.90 Å². The van der Waals surface area contributed by atoms with Crippen molar-refractivity contribution >= 4 is 16.6 Å². The predicted molar refractivity (Wildman–Crippen MR) is 79.8 cm³/mol. The van der Waals surface area contributed by atoms with Crippen molar-refractivity contribution in [1.82, 2.24) is 0 Å². The van der Waals surface area contributed by atoms with Gasteiger partial charge in [0.1, 0.15) is 6.04 Å². The minimum atomic E-state index is 0.0242. The van der Waals surface area contributed by atoms with Crippen LogP contribution in [0.5, 0.6) is 0 Å². The zero-order valence-electron chi connectivity index (χ0n) is 11.9. The second-order valence-corrected chi connectivity index (χ2v) is 5.01. The number of carbonyl (C=O) groups excluding carboxylic acids is 1. The van der Waals surface area contributed by atoms with Gasteiger partial charge in [-0.1, -0.05) is 36.4 Å². The Bertz CT molecular complexity index is 572. The van der Waals surface area contributed by atoms with E-state index in [1.165, 1.54) is 10.3 Å². The van der Waals surface area contributed by atoms with Gasteiger partial charge in [0.25, 0.3) is 0 Å². The average Bonchev–Trinajstić information content (AvgIpc) is 2.47. The van der Waals surface area contributed by atoms with Gasteiger partial charge in [0.2, 0.25) is 5.78 Å². The fourth-order valence-corrected chi connectivity index (χ4v) is 2.64. The van der Waals surface area contributed by atoms with Gasteiger partial charge in [-0.2, -0.15) is 0 Å². The van der Waals surface area contributed by atoms with Crippen LogP contribution in [0.3, 0.4) is 0 Å². The average molecular weight is 256 g/mol. The first kappa shape index (κ1) is 13.8. The molecule has 0 aromatic heterocycles. The fraction of sp³-hybridized carbons (Fsp3) is 0.353. The van der Waals surface area contributed by atoms with Crippen molar-refractivity contribution in [3.05, 3.63) is 48.0 Å². The van der Waals surface area contributed by atoms with Crippen LogP contribution in [-0.2, 0) is 0 Å². The molecule has 19 heavy (non-hydrogen) atoms. The zero-order valence-corrected chi connectivity index (χ0v) is 11.9. The minimum Gasteiger partial charge on any atom is -0.327 e. The van der Waals surface area contributed by atoms with Gasteiger partial charge in [-0.3, -0.25) is 4.79 Å². The van der Waals surface area contributed by atoms with E-state index in [2.05, 4.69) is 26.0 Å². The number of likely N-dealkylation sites (N-methyl/N-ethyl adjacent to an activating group) is 1. The number of Topliss-reactive ketones (excluding diaryl/α,β-unsaturated/α-hetero) is 1. The first-order valence-corrected chi connectivity index (χ1v) is 7.05. The van der Waals surface area contributed by atoms with Crippen LogP contribution in [0, 0.1) is 0 Å². The van der Waals surface area contributed by atoms with Crippen molar-refractivity contribution < 1.29 is 9.69 Å². The van der Waals surface area contributed by atoms with Gasteiger partial charge in [0.15, 0.2) is 0 Å². The molecule has 2 nitrogen and oxygen atoms in total. The first-order chi connectivity index (χ1) is 9.17. The number of quaternary nitrogens is 1. The predicted octanol–water partition coefficient (Wildman–Crippen LogP) is 2.34. The third-order valence-electron chi connectivity index (χ3n) is 3.95. The molecule has 0 heterocycles. The quantitative estimate of drug-likeness (QED) is 0.815. The summed E-state index contributed by atoms with van der Waals surface area (Å²) in [5.74, 6) is 0.240. The third kappa shape index (κ3) is 2.85. The number of fused-ring (bicyclic) bond motifs is 1. The molecule has 0 fully saturated rings. The van der Waals surface area contributed by atoms with E-state index in [9.17, 15) is 4.79 Å². The number of ketones is 1. The standard InChI is InChI=1S/C17H21NO/c1-4-18(5-2)13(3)17(19)16-11-10-14-8-6-7-9-15(14)12-16/h6-13H,4-5H2,1-3H3/p+1/t13-/m1/s1. The van der Waals surface area contributed by atoms with Gasteiger partial charge in [-0.25, -0.2) is 0 Å². The van der Waals surface area contributed by atoms with Crippen molar-refractivity contribution in [3.8, 4) is 0 Å². The van der Waals surface area contributed by atoms with Crippen LogP contribution in [0.2, 0.25) is 0 Å². The third-order valence-corrected chi connectivity index (χ3v) is 3.95. The molecule has 0 aliphatic carbocycles. The molecule has 0 amide bonds. The maximum atomic E-state index is 12.5. The van der Waals surface area contributed by atoms with Crippen molar-refractivity contribution in [2.24, 2.45) is 0 Å². The summed E-state index contributed by atoms with van der Waals surface area (Å²) in [7, 11) is 0. The van der Waals surface area contributed by atoms with Gasteiger partial charge >= 0.3 is 0 Å². The lowest BCUT2D eigenvalue weighted by Crippen LogP contribution is -3.15. The Kier molecular flexibility index (Phi) is 4.33. The molecule has 2 aromatic rings. The summed E-state index contributed by atoms with van der Waals surface area (Å²) in [6, 6.07) is 14.2. The molecule has 0 aliphatic heterocycles. The Morgan fingerprint density at radius 3 is 2.32 bits per heavy atom. The molecule has 1 N–H and O–H groups in total. The lowest BCUT2D eigenvalue weighted by Gasteiger charge is -2.22. The number of nitrogens with one attached hydrogen (secondary N) is 1. The van der Waals surface area contributed by atoms with Crippen molar-refractivity contribution in [2.75, 3.05) is 13.1 Å². The molecule has 0 radical (unpaired) electrons. The van der Waals surface area contributed by atoms with Crippen LogP contribution in [0.1, 0.15) is 31.1 Å². The molecule has 0 spiro atoms. The van der Waals surface area contributed by atoms with Gasteiger partial charge in [0.05, 0.1) is 13.1 Å². The summed E-state index contributed by atoms with van der Waals surface area (Å²) in [6.45, 7) is 8.25. The maximum absolute atomic E-state index is 12.5. The Hall–Kier alpha value is -1.67. The Balaban J connectivity index is 2.30. The van der Waals surface area contributed by atoms with Crippen LogP contribution in [0.25, 0.3) is 10.8 Å². The Morgan fingerprint density at radius 2 is 1.68 bits per heavy atom. The molecule has 2 rings (SSSR count). The van der Waals surface area contributed by atoms with Gasteiger partial charge in [-0.15, -0.1) is 0 Å². The minimum absolute atomic E-state index is 0.0242. The van der Waals surface area contributed by atoms with E-state index < -0.39 is 0 Å². The molecule has 1 atom stereocenters. The van der Waals surface area contributed by atoms with Gasteiger partial charge in [0, 0.05) is 5.56 Å². The van der Waals surface area contributed by atoms with Crippen molar-refractivity contribution in [2.45, 2.75) is 26.8 Å². The summed E-state index contributed by atoms with van der Waals surface area (Å²) in [4.78, 5) is 13.9. The maximum Gasteiger partial charge on any atom is 0.219 e. The Morgan fingerprint density at radius 1 is 1.05 bits per heavy atom. The van der Waals surface area contributed by atoms with E-state index in [4.69, 9.17) is 0 Å². The molecule has 0 saturated carbocycles. The van der Waals surface area contributed by atoms with Crippen LogP contribution in [0.15, 0.2) is 42.5 Å². The SMILES string of the molecule is CC[NH+](CC)[C@H](C)C(=O)c1ccc2ccccc2c1. The topological polar surface area (TPSA) is 21.5 Å². The van der Waals surface area contributed by atoms with E-state index in [1.54, 1.807) is 0 Å². The zero-order chi connectivity index (χ0) is 13.8. The molecular weight excluding hydrogens is 234 g/mol. The highest BCUT2D eigenvalue weighted by molar-refractivity contribution is 6.02. The number of hydrogen-bond donors (Lipinski definition) is 1. The Labute approximate surface area is 115 Å². The normalized spacial score (nSPS) is 12.8. The first-order valence-electron chi connectivity index (χ1n) is 7.05. The van der Waals surface area contributed by atoms with E-state index in [0.717, 1.165) is 24.0 Å². The summed E-state index contributed by atoms with van der Waals surface area (Å²) in [5, 5.41) is 2.32. The summed E-state index contributed by atoms with van der Waals surface area (Å²) in [6.07, 6.45) is 0. The van der Waals surface area contributed by atoms with Gasteiger partial charge < -0.3 is 4.90 Å². The smallest absolute Gasteiger partial charge is 0.219 e. The lowest BCUT2D eigenvalue weighted by molar-refractivity contribution is -0.910. The van der Waals surface area contributed by atoms with Crippen molar-refractivity contribution in [3.63, 3.8) is 0 Å². The number of rotatable bonds is 5. The van der Waals surface area contributed by atoms with Crippen LogP contribution in [-0.4, -0.2) is 24.9 Å². The molecule has 0 saturated heterocycles. The summed E-state index contributed by atoms with van der Waals surface area (Å²) < 4.78 is 0. The van der Waals surface area contributed by atoms with E-state index >= 15 is 0 Å². The fourth-order valence-electron chi connectivity index (χ4n) is 2.64. The highest BCUT2D eigenvalue weighted by atomic mass is 16.1. The largest absolute Gasteiger partial charge is 0.327 e. The summed E-state index contributed by atoms with van der Waals surface area (Å²) >= 11 is 0. The number of hydrogen-bond acceptors (Lipinski definition) is 1. The summed E-state index contributed by atoms with van der Waals surface area (Å²) in [5.41, 5.74) is 0.825. The monoisotopic (exact) mass is 256 g/mol. The van der Waals surface area contributed by atoms with Crippen LogP contribution >= 0.6 is 0 Å². The second-order valence-electron chi connectivity index (χ2n) is 5.01. The van der Waals surface area contributed by atoms with E-state index in [0.29, 0.717) is 0 Å². The van der Waals surface area contributed by atoms with Crippen LogP contribution in [0.4, 0.5) is 0 Å². The molecule has 2 aromatic carbocycles. The highest BCUT2D eigenvalue weighted by Gasteiger charge is 2.23. The molecule has 100 valence electrons. The number of carbonyl (C=O) groups is 1.